The smallest absolute Gasteiger partial charge is 0.326 e. The van der Waals surface area contributed by atoms with Crippen molar-refractivity contribution in [2.45, 2.75) is 54.8 Å². The van der Waals surface area contributed by atoms with Crippen LogP contribution in [0.15, 0.2) is 17.3 Å². The maximum atomic E-state index is 12.2. The highest BCUT2D eigenvalue weighted by Crippen LogP contribution is 2.41. The van der Waals surface area contributed by atoms with Crippen molar-refractivity contribution in [3.05, 3.63) is 12.4 Å². The number of ether oxygens (including phenoxy) is 1. The highest BCUT2D eigenvalue weighted by Gasteiger charge is 2.46. The molecule has 20 heavy (non-hydrogen) atoms. The Morgan fingerprint density at radius 1 is 1.65 bits per heavy atom. The van der Waals surface area contributed by atoms with Gasteiger partial charge in [-0.3, -0.25) is 14.8 Å². The van der Waals surface area contributed by atoms with E-state index in [1.165, 1.54) is 7.11 Å². The van der Waals surface area contributed by atoms with Gasteiger partial charge in [0.15, 0.2) is 0 Å². The van der Waals surface area contributed by atoms with Crippen molar-refractivity contribution in [3.8, 4) is 0 Å². The zero-order chi connectivity index (χ0) is 14.8. The Kier molecular flexibility index (Phi) is 4.75. The number of hydrogen-bond donors (Lipinski definition) is 1. The van der Waals surface area contributed by atoms with E-state index in [2.05, 4.69) is 24.3 Å². The molecule has 0 saturated heterocycles. The van der Waals surface area contributed by atoms with Gasteiger partial charge in [0.25, 0.3) is 0 Å². The van der Waals surface area contributed by atoms with Gasteiger partial charge in [0.2, 0.25) is 0 Å². The number of nitrogens with one attached hydrogen (secondary N) is 1. The number of esters is 1. The van der Waals surface area contributed by atoms with Crippen LogP contribution in [0.5, 0.6) is 0 Å². The van der Waals surface area contributed by atoms with E-state index in [0.29, 0.717) is 5.25 Å². The van der Waals surface area contributed by atoms with Crippen LogP contribution in [0.25, 0.3) is 0 Å². The van der Waals surface area contributed by atoms with Gasteiger partial charge in [-0.25, -0.2) is 0 Å². The molecule has 1 N–H and O–H groups in total. The summed E-state index contributed by atoms with van der Waals surface area (Å²) < 4.78 is 6.82. The van der Waals surface area contributed by atoms with Crippen LogP contribution in [-0.2, 0) is 16.6 Å². The number of carbonyl (C=O) groups excluding carboxylic acids is 1. The summed E-state index contributed by atoms with van der Waals surface area (Å²) in [4.78, 5) is 13.3. The summed E-state index contributed by atoms with van der Waals surface area (Å²) in [5, 5.41) is 8.02. The van der Waals surface area contributed by atoms with Crippen molar-refractivity contribution >= 4 is 17.7 Å². The standard InChI is InChI=1S/C14H23N3O2S/c1-10(2)16-14(13(18)19-4)6-5-11(7-14)20-12-8-15-17(3)9-12/h8-11,16H,5-7H2,1-4H3. The molecule has 0 radical (unpaired) electrons. The molecule has 2 unspecified atom stereocenters. The van der Waals surface area contributed by atoms with E-state index >= 15 is 0 Å². The molecule has 5 nitrogen and oxygen atoms in total. The molecule has 1 aromatic heterocycles. The van der Waals surface area contributed by atoms with E-state index < -0.39 is 5.54 Å². The summed E-state index contributed by atoms with van der Waals surface area (Å²) >= 11 is 1.80. The number of methoxy groups -OCH3 is 1. The van der Waals surface area contributed by atoms with E-state index in [0.717, 1.165) is 24.2 Å². The molecule has 0 spiro atoms. The summed E-state index contributed by atoms with van der Waals surface area (Å²) in [5.41, 5.74) is -0.525. The maximum Gasteiger partial charge on any atom is 0.326 e. The van der Waals surface area contributed by atoms with E-state index in [1.54, 1.807) is 16.4 Å². The van der Waals surface area contributed by atoms with Gasteiger partial charge in [-0.1, -0.05) is 0 Å². The number of aryl methyl sites for hydroxylation is 1. The lowest BCUT2D eigenvalue weighted by atomic mass is 9.97. The van der Waals surface area contributed by atoms with Crippen molar-refractivity contribution in [1.29, 1.82) is 0 Å². The Balaban J connectivity index is 2.05. The molecule has 1 aromatic rings. The highest BCUT2D eigenvalue weighted by atomic mass is 32.2. The molecular weight excluding hydrogens is 274 g/mol. The molecule has 0 amide bonds. The van der Waals surface area contributed by atoms with Crippen molar-refractivity contribution in [1.82, 2.24) is 15.1 Å². The summed E-state index contributed by atoms with van der Waals surface area (Å²) in [7, 11) is 3.38. The van der Waals surface area contributed by atoms with Crippen molar-refractivity contribution in [2.75, 3.05) is 7.11 Å². The molecule has 2 atom stereocenters. The number of hydrogen-bond acceptors (Lipinski definition) is 5. The molecule has 112 valence electrons. The van der Waals surface area contributed by atoms with E-state index in [-0.39, 0.29) is 12.0 Å². The summed E-state index contributed by atoms with van der Waals surface area (Å²) in [6.45, 7) is 4.12. The summed E-state index contributed by atoms with van der Waals surface area (Å²) in [5.74, 6) is -0.138. The second-order valence-electron chi connectivity index (χ2n) is 5.71. The van der Waals surface area contributed by atoms with Gasteiger partial charge in [0, 0.05) is 29.4 Å². The molecule has 0 aromatic carbocycles. The van der Waals surface area contributed by atoms with Gasteiger partial charge < -0.3 is 4.74 Å². The average molecular weight is 297 g/mol. The van der Waals surface area contributed by atoms with Gasteiger partial charge in [-0.05, 0) is 33.1 Å². The molecule has 1 heterocycles. The lowest BCUT2D eigenvalue weighted by molar-refractivity contribution is -0.148. The molecule has 1 fully saturated rings. The molecule has 0 aliphatic heterocycles. The van der Waals surface area contributed by atoms with E-state index in [9.17, 15) is 4.79 Å². The first-order valence-electron chi connectivity index (χ1n) is 6.96. The average Bonchev–Trinajstić information content (AvgIpc) is 2.96. The minimum Gasteiger partial charge on any atom is -0.468 e. The zero-order valence-corrected chi connectivity index (χ0v) is 13.4. The lowest BCUT2D eigenvalue weighted by Gasteiger charge is -2.30. The lowest BCUT2D eigenvalue weighted by Crippen LogP contribution is -2.53. The normalized spacial score (nSPS) is 26.1. The monoisotopic (exact) mass is 297 g/mol. The number of thioether (sulfide) groups is 1. The molecule has 6 heteroatoms. The predicted octanol–water partition coefficient (Wildman–Crippen LogP) is 1.97. The Morgan fingerprint density at radius 3 is 2.95 bits per heavy atom. The second kappa shape index (κ2) is 6.18. The van der Waals surface area contributed by atoms with Crippen LogP contribution in [0.3, 0.4) is 0 Å². The number of aromatic nitrogens is 2. The van der Waals surface area contributed by atoms with Gasteiger partial charge in [-0.2, -0.15) is 5.10 Å². The highest BCUT2D eigenvalue weighted by molar-refractivity contribution is 8.00. The number of nitrogens with zero attached hydrogens (tertiary/aromatic N) is 2. The van der Waals surface area contributed by atoms with Crippen LogP contribution in [0.2, 0.25) is 0 Å². The first kappa shape index (κ1) is 15.4. The van der Waals surface area contributed by atoms with Crippen LogP contribution < -0.4 is 5.32 Å². The van der Waals surface area contributed by atoms with Crippen LogP contribution in [0, 0.1) is 0 Å². The fourth-order valence-electron chi connectivity index (χ4n) is 2.88. The van der Waals surface area contributed by atoms with Crippen molar-refractivity contribution < 1.29 is 9.53 Å². The number of carbonyl (C=O) groups is 1. The number of rotatable bonds is 5. The van der Waals surface area contributed by atoms with Crippen LogP contribution in [-0.4, -0.2) is 39.7 Å². The SMILES string of the molecule is COC(=O)C1(NC(C)C)CCC(Sc2cnn(C)c2)C1. The van der Waals surface area contributed by atoms with Crippen LogP contribution in [0.4, 0.5) is 0 Å². The molecule has 1 aliphatic rings. The Morgan fingerprint density at radius 2 is 2.40 bits per heavy atom. The predicted molar refractivity (Wildman–Crippen MR) is 79.7 cm³/mol. The van der Waals surface area contributed by atoms with Gasteiger partial charge in [-0.15, -0.1) is 11.8 Å². The quantitative estimate of drug-likeness (QED) is 0.842. The fraction of sp³-hybridized carbons (Fsp3) is 0.714. The first-order valence-corrected chi connectivity index (χ1v) is 7.84. The first-order chi connectivity index (χ1) is 9.45. The Hall–Kier alpha value is -1.01. The van der Waals surface area contributed by atoms with Crippen molar-refractivity contribution in [2.24, 2.45) is 7.05 Å². The van der Waals surface area contributed by atoms with Gasteiger partial charge >= 0.3 is 5.97 Å². The van der Waals surface area contributed by atoms with Gasteiger partial charge in [0.1, 0.15) is 5.54 Å². The minimum absolute atomic E-state index is 0.138. The van der Waals surface area contributed by atoms with Gasteiger partial charge in [0.05, 0.1) is 13.3 Å². The Bertz CT molecular complexity index is 475. The third kappa shape index (κ3) is 3.35. The third-order valence-corrected chi connectivity index (χ3v) is 4.81. The topological polar surface area (TPSA) is 56.1 Å². The van der Waals surface area contributed by atoms with E-state index in [1.807, 2.05) is 19.4 Å². The zero-order valence-electron chi connectivity index (χ0n) is 12.5. The van der Waals surface area contributed by atoms with Crippen molar-refractivity contribution in [3.63, 3.8) is 0 Å². The van der Waals surface area contributed by atoms with Crippen LogP contribution >= 0.6 is 11.8 Å². The minimum atomic E-state index is -0.525. The molecular formula is C14H23N3O2S. The third-order valence-electron chi connectivity index (χ3n) is 3.59. The second-order valence-corrected chi connectivity index (χ2v) is 7.08. The molecule has 2 rings (SSSR count). The molecule has 1 saturated carbocycles. The maximum absolute atomic E-state index is 12.2. The van der Waals surface area contributed by atoms with Crippen LogP contribution in [0.1, 0.15) is 33.1 Å². The largest absolute Gasteiger partial charge is 0.468 e. The molecule has 1 aliphatic carbocycles. The van der Waals surface area contributed by atoms with E-state index in [4.69, 9.17) is 4.74 Å². The molecule has 0 bridgehead atoms. The Labute approximate surface area is 124 Å². The fourth-order valence-corrected chi connectivity index (χ4v) is 4.19. The summed E-state index contributed by atoms with van der Waals surface area (Å²) in [6.07, 6.45) is 6.53. The summed E-state index contributed by atoms with van der Waals surface area (Å²) in [6, 6.07) is 0.260.